The summed E-state index contributed by atoms with van der Waals surface area (Å²) in [5, 5.41) is 0. The molecule has 0 atom stereocenters. The summed E-state index contributed by atoms with van der Waals surface area (Å²) in [5.41, 5.74) is 16.7. The minimum atomic E-state index is -0.0400. The molecule has 52 heavy (non-hydrogen) atoms. The molecule has 1 heteroatoms. The van der Waals surface area contributed by atoms with E-state index in [2.05, 4.69) is 128 Å². The topological polar surface area (TPSA) is 3.24 Å². The van der Waals surface area contributed by atoms with Gasteiger partial charge in [0, 0.05) is 22.5 Å². The van der Waals surface area contributed by atoms with Gasteiger partial charge < -0.3 is 4.90 Å². The van der Waals surface area contributed by atoms with E-state index in [0.29, 0.717) is 5.92 Å². The predicted octanol–water partition coefficient (Wildman–Crippen LogP) is 15.3. The van der Waals surface area contributed by atoms with Gasteiger partial charge in [-0.2, -0.15) is 0 Å². The van der Waals surface area contributed by atoms with E-state index in [1.807, 2.05) is 0 Å². The zero-order valence-electron chi connectivity index (χ0n) is 31.7. The van der Waals surface area contributed by atoms with Gasteiger partial charge in [0.25, 0.3) is 0 Å². The largest absolute Gasteiger partial charge is 0.310 e. The second-order valence-electron chi connectivity index (χ2n) is 17.3. The number of anilines is 3. The molecule has 0 saturated heterocycles. The molecule has 0 heterocycles. The van der Waals surface area contributed by atoms with Crippen LogP contribution in [0.1, 0.15) is 156 Å². The van der Waals surface area contributed by atoms with E-state index >= 15 is 0 Å². The Bertz CT molecular complexity index is 1960. The first-order valence-electron chi connectivity index (χ1n) is 20.9. The van der Waals surface area contributed by atoms with Crippen LogP contribution in [-0.4, -0.2) is 0 Å². The summed E-state index contributed by atoms with van der Waals surface area (Å²) in [5.74, 6) is 2.15. The number of rotatable bonds is 7. The minimum absolute atomic E-state index is 0.0400. The average Bonchev–Trinajstić information content (AvgIpc) is 3.45. The van der Waals surface area contributed by atoms with Crippen LogP contribution in [0.5, 0.6) is 0 Å². The van der Waals surface area contributed by atoms with Crippen LogP contribution in [0.15, 0.2) is 109 Å². The Labute approximate surface area is 313 Å². The Morgan fingerprint density at radius 3 is 1.46 bits per heavy atom. The Hall–Kier alpha value is -4.10. The van der Waals surface area contributed by atoms with Crippen molar-refractivity contribution in [2.24, 2.45) is 0 Å². The number of benzene rings is 5. The van der Waals surface area contributed by atoms with Gasteiger partial charge >= 0.3 is 0 Å². The first-order valence-corrected chi connectivity index (χ1v) is 20.9. The molecule has 0 bridgehead atoms. The smallest absolute Gasteiger partial charge is 0.0465 e. The van der Waals surface area contributed by atoms with Crippen molar-refractivity contribution in [2.45, 2.75) is 133 Å². The molecule has 266 valence electrons. The van der Waals surface area contributed by atoms with Crippen LogP contribution in [0.3, 0.4) is 0 Å². The van der Waals surface area contributed by atoms with E-state index in [1.54, 1.807) is 11.1 Å². The van der Waals surface area contributed by atoms with Crippen LogP contribution >= 0.6 is 0 Å². The molecule has 0 N–H and O–H groups in total. The molecule has 0 spiro atoms. The number of nitrogens with zero attached hydrogens (tertiary/aromatic N) is 1. The average molecular weight is 684 g/mol. The van der Waals surface area contributed by atoms with Crippen molar-refractivity contribution in [3.05, 3.63) is 137 Å². The lowest BCUT2D eigenvalue weighted by Crippen LogP contribution is -2.16. The van der Waals surface area contributed by atoms with E-state index in [-0.39, 0.29) is 5.41 Å². The lowest BCUT2D eigenvalue weighted by molar-refractivity contribution is 0.435. The molecule has 3 saturated carbocycles. The van der Waals surface area contributed by atoms with Crippen molar-refractivity contribution in [3.63, 3.8) is 0 Å². The summed E-state index contributed by atoms with van der Waals surface area (Å²) >= 11 is 0. The van der Waals surface area contributed by atoms with Gasteiger partial charge in [-0.3, -0.25) is 0 Å². The van der Waals surface area contributed by atoms with Crippen LogP contribution < -0.4 is 4.90 Å². The highest BCUT2D eigenvalue weighted by Crippen LogP contribution is 2.51. The second-order valence-corrected chi connectivity index (χ2v) is 17.3. The van der Waals surface area contributed by atoms with Crippen molar-refractivity contribution in [2.75, 3.05) is 4.90 Å². The fourth-order valence-electron chi connectivity index (χ4n) is 10.6. The number of hydrogen-bond acceptors (Lipinski definition) is 1. The Kier molecular flexibility index (Phi) is 9.32. The molecule has 5 aromatic carbocycles. The van der Waals surface area contributed by atoms with Crippen LogP contribution in [0.2, 0.25) is 0 Å². The van der Waals surface area contributed by atoms with Gasteiger partial charge in [-0.1, -0.05) is 144 Å². The third-order valence-electron chi connectivity index (χ3n) is 13.6. The molecule has 5 aromatic rings. The van der Waals surface area contributed by atoms with Gasteiger partial charge in [0.05, 0.1) is 0 Å². The second kappa shape index (κ2) is 14.4. The summed E-state index contributed by atoms with van der Waals surface area (Å²) in [6, 6.07) is 43.1. The van der Waals surface area contributed by atoms with Crippen molar-refractivity contribution in [3.8, 4) is 22.3 Å². The molecular weight excluding hydrogens is 627 g/mol. The van der Waals surface area contributed by atoms with Crippen LogP contribution in [-0.2, 0) is 5.41 Å². The summed E-state index contributed by atoms with van der Waals surface area (Å²) in [6.45, 7) is 4.78. The molecule has 0 aromatic heterocycles. The highest BCUT2D eigenvalue weighted by atomic mass is 15.1. The third kappa shape index (κ3) is 6.44. The Morgan fingerprint density at radius 2 is 0.885 bits per heavy atom. The fourth-order valence-corrected chi connectivity index (χ4v) is 10.6. The lowest BCUT2D eigenvalue weighted by Gasteiger charge is -2.29. The van der Waals surface area contributed by atoms with E-state index in [4.69, 9.17) is 0 Å². The SMILES string of the molecule is CC1(C)c2ccccc2-c2ccc(N(c3ccc(-c4cc(C5CCCCC5)cc(C5CCCCC5)c4)cc3)c3ccc(C4CCCCC4)cc3)cc21. The van der Waals surface area contributed by atoms with Crippen molar-refractivity contribution in [1.82, 2.24) is 0 Å². The third-order valence-corrected chi connectivity index (χ3v) is 13.6. The molecule has 1 nitrogen and oxygen atoms in total. The molecular formula is C51H57N. The molecule has 4 aliphatic carbocycles. The van der Waals surface area contributed by atoms with Crippen molar-refractivity contribution < 1.29 is 0 Å². The molecule has 0 radical (unpaired) electrons. The maximum absolute atomic E-state index is 2.62. The minimum Gasteiger partial charge on any atom is -0.310 e. The molecule has 0 aliphatic heterocycles. The van der Waals surface area contributed by atoms with E-state index < -0.39 is 0 Å². The maximum Gasteiger partial charge on any atom is 0.0465 e. The van der Waals surface area contributed by atoms with Crippen LogP contribution in [0.25, 0.3) is 22.3 Å². The van der Waals surface area contributed by atoms with Gasteiger partial charge in [0.2, 0.25) is 0 Å². The zero-order valence-corrected chi connectivity index (χ0v) is 31.7. The maximum atomic E-state index is 2.62. The predicted molar refractivity (Wildman–Crippen MR) is 222 cm³/mol. The normalized spacial score (nSPS) is 19.3. The van der Waals surface area contributed by atoms with Crippen LogP contribution in [0, 0.1) is 0 Å². The van der Waals surface area contributed by atoms with Crippen molar-refractivity contribution >= 4 is 17.1 Å². The number of hydrogen-bond donors (Lipinski definition) is 0. The summed E-state index contributed by atoms with van der Waals surface area (Å²) in [7, 11) is 0. The summed E-state index contributed by atoms with van der Waals surface area (Å²) in [6.07, 6.45) is 20.5. The lowest BCUT2D eigenvalue weighted by atomic mass is 9.78. The highest BCUT2D eigenvalue weighted by molar-refractivity contribution is 5.86. The van der Waals surface area contributed by atoms with Gasteiger partial charge in [-0.15, -0.1) is 0 Å². The molecule has 9 rings (SSSR count). The Balaban J connectivity index is 1.10. The standard InChI is InChI=1S/C51H57N/c1-51(2)49-21-13-12-20-47(49)48-31-30-46(35-50(48)51)52(44-26-22-39(23-27-44)36-14-6-3-7-15-36)45-28-24-40(25-29-45)43-33-41(37-16-8-4-9-17-37)32-42(34-43)38-18-10-5-11-19-38/h12-13,20-38H,3-11,14-19H2,1-2H3. The quantitative estimate of drug-likeness (QED) is 0.165. The fraction of sp³-hybridized carbons (Fsp3) is 0.412. The first kappa shape index (κ1) is 33.7. The molecule has 4 aliphatic rings. The van der Waals surface area contributed by atoms with E-state index in [9.17, 15) is 0 Å². The molecule has 0 amide bonds. The highest BCUT2D eigenvalue weighted by Gasteiger charge is 2.35. The van der Waals surface area contributed by atoms with Gasteiger partial charge in [0.1, 0.15) is 0 Å². The molecule has 3 fully saturated rings. The zero-order chi connectivity index (χ0) is 35.1. The monoisotopic (exact) mass is 683 g/mol. The summed E-state index contributed by atoms with van der Waals surface area (Å²) in [4.78, 5) is 2.50. The van der Waals surface area contributed by atoms with Gasteiger partial charge in [-0.25, -0.2) is 0 Å². The van der Waals surface area contributed by atoms with E-state index in [0.717, 1.165) is 11.8 Å². The number of fused-ring (bicyclic) bond motifs is 3. The Morgan fingerprint density at radius 1 is 0.404 bits per heavy atom. The molecule has 0 unspecified atom stereocenters. The summed E-state index contributed by atoms with van der Waals surface area (Å²) < 4.78 is 0. The van der Waals surface area contributed by atoms with Crippen LogP contribution in [0.4, 0.5) is 17.1 Å². The van der Waals surface area contributed by atoms with Gasteiger partial charge in [0.15, 0.2) is 0 Å². The first-order chi connectivity index (χ1) is 25.5. The van der Waals surface area contributed by atoms with Gasteiger partial charge in [-0.05, 0) is 143 Å². The van der Waals surface area contributed by atoms with Crippen molar-refractivity contribution in [1.29, 1.82) is 0 Å². The van der Waals surface area contributed by atoms with E-state index in [1.165, 1.54) is 152 Å².